The monoisotopic (exact) mass is 288 g/mol. The summed E-state index contributed by atoms with van der Waals surface area (Å²) in [7, 11) is -3.61. The standard InChI is InChI=1S/C16H13FO2S/c17-15(13-14-7-3-1-4-8-14)11-12-20(18,19)16-9-5-2-6-10-16/h1-13H/b12-11+,15-13-. The average Bonchev–Trinajstić information content (AvgIpc) is 2.47. The molecule has 20 heavy (non-hydrogen) atoms. The lowest BCUT2D eigenvalue weighted by molar-refractivity contribution is 0.604. The Bertz CT molecular complexity index is 718. The highest BCUT2D eigenvalue weighted by Gasteiger charge is 2.08. The number of allylic oxidation sites excluding steroid dienone is 2. The maximum Gasteiger partial charge on any atom is 0.199 e. The highest BCUT2D eigenvalue weighted by Crippen LogP contribution is 2.14. The molecule has 0 heterocycles. The van der Waals surface area contributed by atoms with Crippen LogP contribution >= 0.6 is 0 Å². The second kappa shape index (κ2) is 6.30. The molecule has 2 nitrogen and oxygen atoms in total. The van der Waals surface area contributed by atoms with E-state index >= 15 is 0 Å². The summed E-state index contributed by atoms with van der Waals surface area (Å²) in [6.45, 7) is 0. The minimum atomic E-state index is -3.61. The molecule has 0 amide bonds. The zero-order chi connectivity index (χ0) is 14.4. The zero-order valence-electron chi connectivity index (χ0n) is 10.6. The molecule has 0 spiro atoms. The molecule has 0 aliphatic carbocycles. The van der Waals surface area contributed by atoms with Crippen LogP contribution in [0.25, 0.3) is 6.08 Å². The minimum absolute atomic E-state index is 0.142. The summed E-state index contributed by atoms with van der Waals surface area (Å²) in [5.74, 6) is -0.615. The molecule has 0 fully saturated rings. The molecule has 4 heteroatoms. The van der Waals surface area contributed by atoms with Crippen molar-refractivity contribution in [2.24, 2.45) is 0 Å². The molecule has 2 aromatic rings. The highest BCUT2D eigenvalue weighted by molar-refractivity contribution is 7.94. The van der Waals surface area contributed by atoms with E-state index in [1.54, 1.807) is 42.5 Å². The highest BCUT2D eigenvalue weighted by atomic mass is 32.2. The van der Waals surface area contributed by atoms with Crippen molar-refractivity contribution in [3.8, 4) is 0 Å². The van der Waals surface area contributed by atoms with Gasteiger partial charge in [-0.1, -0.05) is 48.5 Å². The summed E-state index contributed by atoms with van der Waals surface area (Å²) in [5.41, 5.74) is 0.673. The Labute approximate surface area is 117 Å². The van der Waals surface area contributed by atoms with Crippen molar-refractivity contribution in [2.75, 3.05) is 0 Å². The lowest BCUT2D eigenvalue weighted by atomic mass is 10.2. The molecule has 0 bridgehead atoms. The molecule has 0 saturated carbocycles. The molecule has 0 unspecified atom stereocenters. The van der Waals surface area contributed by atoms with Crippen LogP contribution in [0.2, 0.25) is 0 Å². The molecular formula is C16H13FO2S. The first-order valence-electron chi connectivity index (χ1n) is 5.98. The summed E-state index contributed by atoms with van der Waals surface area (Å²) < 4.78 is 37.5. The number of hydrogen-bond acceptors (Lipinski definition) is 2. The smallest absolute Gasteiger partial charge is 0.199 e. The molecule has 0 aliphatic rings. The van der Waals surface area contributed by atoms with Crippen molar-refractivity contribution in [3.05, 3.63) is 83.5 Å². The van der Waals surface area contributed by atoms with Crippen molar-refractivity contribution in [1.82, 2.24) is 0 Å². The molecule has 0 radical (unpaired) electrons. The minimum Gasteiger partial charge on any atom is -0.219 e. The van der Waals surface area contributed by atoms with Gasteiger partial charge in [-0.15, -0.1) is 0 Å². The maximum atomic E-state index is 13.6. The van der Waals surface area contributed by atoms with E-state index in [0.29, 0.717) is 5.56 Å². The van der Waals surface area contributed by atoms with E-state index in [1.165, 1.54) is 18.2 Å². The second-order valence-corrected chi connectivity index (χ2v) is 5.93. The van der Waals surface area contributed by atoms with Gasteiger partial charge in [-0.25, -0.2) is 12.8 Å². The van der Waals surface area contributed by atoms with Crippen molar-refractivity contribution < 1.29 is 12.8 Å². The van der Waals surface area contributed by atoms with Crippen molar-refractivity contribution in [2.45, 2.75) is 4.90 Å². The van der Waals surface area contributed by atoms with Crippen LogP contribution in [0.5, 0.6) is 0 Å². The fraction of sp³-hybridized carbons (Fsp3) is 0. The number of benzene rings is 2. The van der Waals surface area contributed by atoms with Crippen LogP contribution in [-0.4, -0.2) is 8.42 Å². The van der Waals surface area contributed by atoms with Crippen LogP contribution in [0.15, 0.2) is 82.9 Å². The first-order valence-corrected chi connectivity index (χ1v) is 7.53. The Kier molecular flexibility index (Phi) is 4.48. The van der Waals surface area contributed by atoms with E-state index in [0.717, 1.165) is 11.5 Å². The van der Waals surface area contributed by atoms with E-state index in [-0.39, 0.29) is 4.90 Å². The number of hydrogen-bond donors (Lipinski definition) is 0. The zero-order valence-corrected chi connectivity index (χ0v) is 11.4. The van der Waals surface area contributed by atoms with Crippen molar-refractivity contribution in [1.29, 1.82) is 0 Å². The Hall–Kier alpha value is -2.20. The van der Waals surface area contributed by atoms with E-state index in [4.69, 9.17) is 0 Å². The van der Waals surface area contributed by atoms with Gasteiger partial charge in [0.05, 0.1) is 4.90 Å². The second-order valence-electron chi connectivity index (χ2n) is 4.10. The van der Waals surface area contributed by atoms with Crippen LogP contribution in [-0.2, 0) is 9.84 Å². The van der Waals surface area contributed by atoms with Gasteiger partial charge in [0.2, 0.25) is 0 Å². The van der Waals surface area contributed by atoms with Gasteiger partial charge in [0.1, 0.15) is 5.83 Å². The normalized spacial score (nSPS) is 12.8. The quantitative estimate of drug-likeness (QED) is 0.797. The lowest BCUT2D eigenvalue weighted by Crippen LogP contribution is -1.95. The molecule has 0 N–H and O–H groups in total. The van der Waals surface area contributed by atoms with Crippen LogP contribution in [0.4, 0.5) is 4.39 Å². The predicted molar refractivity (Wildman–Crippen MR) is 78.3 cm³/mol. The average molecular weight is 288 g/mol. The SMILES string of the molecule is O=S(=O)(/C=C/C(F)=C/c1ccccc1)c1ccccc1. The summed E-state index contributed by atoms with van der Waals surface area (Å²) in [6.07, 6.45) is 2.23. The largest absolute Gasteiger partial charge is 0.219 e. The van der Waals surface area contributed by atoms with Gasteiger partial charge < -0.3 is 0 Å². The van der Waals surface area contributed by atoms with E-state index in [1.807, 2.05) is 6.07 Å². The van der Waals surface area contributed by atoms with E-state index in [9.17, 15) is 12.8 Å². The third kappa shape index (κ3) is 3.90. The number of rotatable bonds is 4. The van der Waals surface area contributed by atoms with Crippen molar-refractivity contribution >= 4 is 15.9 Å². The van der Waals surface area contributed by atoms with Gasteiger partial charge in [-0.05, 0) is 29.8 Å². The molecule has 2 aromatic carbocycles. The Morgan fingerprint density at radius 2 is 1.45 bits per heavy atom. The Balaban J connectivity index is 2.19. The lowest BCUT2D eigenvalue weighted by Gasteiger charge is -1.97. The summed E-state index contributed by atoms with van der Waals surface area (Å²) in [4.78, 5) is 0.142. The summed E-state index contributed by atoms with van der Waals surface area (Å²) in [5, 5.41) is 0.872. The fourth-order valence-electron chi connectivity index (χ4n) is 1.60. The van der Waals surface area contributed by atoms with E-state index in [2.05, 4.69) is 0 Å². The third-order valence-corrected chi connectivity index (χ3v) is 4.01. The van der Waals surface area contributed by atoms with Crippen molar-refractivity contribution in [3.63, 3.8) is 0 Å². The van der Waals surface area contributed by atoms with Crippen LogP contribution in [0.3, 0.4) is 0 Å². The molecule has 0 aliphatic heterocycles. The Morgan fingerprint density at radius 1 is 0.900 bits per heavy atom. The molecule has 2 rings (SSSR count). The van der Waals surface area contributed by atoms with Gasteiger partial charge in [0, 0.05) is 5.41 Å². The molecular weight excluding hydrogens is 275 g/mol. The fourth-order valence-corrected chi connectivity index (χ4v) is 2.60. The first kappa shape index (κ1) is 14.2. The van der Waals surface area contributed by atoms with Gasteiger partial charge in [-0.3, -0.25) is 0 Å². The molecule has 0 atom stereocenters. The molecule has 0 aromatic heterocycles. The van der Waals surface area contributed by atoms with Crippen LogP contribution in [0.1, 0.15) is 5.56 Å². The number of halogens is 1. The first-order chi connectivity index (χ1) is 9.58. The van der Waals surface area contributed by atoms with Gasteiger partial charge in [-0.2, -0.15) is 0 Å². The Morgan fingerprint density at radius 3 is 2.05 bits per heavy atom. The van der Waals surface area contributed by atoms with Gasteiger partial charge in [0.25, 0.3) is 0 Å². The summed E-state index contributed by atoms with van der Waals surface area (Å²) in [6, 6.07) is 16.8. The van der Waals surface area contributed by atoms with E-state index < -0.39 is 15.7 Å². The molecule has 102 valence electrons. The summed E-state index contributed by atoms with van der Waals surface area (Å²) >= 11 is 0. The topological polar surface area (TPSA) is 34.1 Å². The van der Waals surface area contributed by atoms with Gasteiger partial charge in [0.15, 0.2) is 9.84 Å². The van der Waals surface area contributed by atoms with Gasteiger partial charge >= 0.3 is 0 Å². The predicted octanol–water partition coefficient (Wildman–Crippen LogP) is 3.98. The third-order valence-electron chi connectivity index (χ3n) is 2.58. The van der Waals surface area contributed by atoms with Crippen LogP contribution in [0, 0.1) is 0 Å². The van der Waals surface area contributed by atoms with Crippen LogP contribution < -0.4 is 0 Å². The number of sulfone groups is 1. The maximum absolute atomic E-state index is 13.6. The molecule has 0 saturated heterocycles.